The monoisotopic (exact) mass is 267 g/mol. The predicted octanol–water partition coefficient (Wildman–Crippen LogP) is 0.631. The van der Waals surface area contributed by atoms with Gasteiger partial charge in [0.25, 0.3) is 0 Å². The SMILES string of the molecule is CC(=O)NC1CCN(C(=O)C2CCCC(N)C2)CC1. The number of carbonyl (C=O) groups excluding carboxylic acids is 2. The summed E-state index contributed by atoms with van der Waals surface area (Å²) in [4.78, 5) is 25.4. The van der Waals surface area contributed by atoms with Crippen LogP contribution in [0.1, 0.15) is 45.4 Å². The van der Waals surface area contributed by atoms with Gasteiger partial charge < -0.3 is 16.0 Å². The van der Waals surface area contributed by atoms with Crippen molar-refractivity contribution in [3.8, 4) is 0 Å². The summed E-state index contributed by atoms with van der Waals surface area (Å²) in [5, 5.41) is 2.93. The third kappa shape index (κ3) is 3.93. The maximum atomic E-state index is 12.4. The van der Waals surface area contributed by atoms with Gasteiger partial charge in [-0.25, -0.2) is 0 Å². The molecule has 2 rings (SSSR count). The molecular weight excluding hydrogens is 242 g/mol. The fourth-order valence-corrected chi connectivity index (χ4v) is 3.24. The molecular formula is C14H25N3O2. The summed E-state index contributed by atoms with van der Waals surface area (Å²) in [6.45, 7) is 3.06. The maximum absolute atomic E-state index is 12.4. The Labute approximate surface area is 114 Å². The molecule has 0 radical (unpaired) electrons. The molecule has 1 aliphatic carbocycles. The number of nitrogens with two attached hydrogens (primary N) is 1. The summed E-state index contributed by atoms with van der Waals surface area (Å²) in [5.41, 5.74) is 5.95. The Morgan fingerprint density at radius 1 is 1.16 bits per heavy atom. The molecule has 1 aliphatic heterocycles. The van der Waals surface area contributed by atoms with Crippen molar-refractivity contribution in [2.24, 2.45) is 11.7 Å². The number of amides is 2. The van der Waals surface area contributed by atoms with Crippen LogP contribution in [-0.2, 0) is 9.59 Å². The molecule has 1 heterocycles. The zero-order chi connectivity index (χ0) is 13.8. The van der Waals surface area contributed by atoms with E-state index in [1.54, 1.807) is 6.92 Å². The number of hydrogen-bond donors (Lipinski definition) is 2. The summed E-state index contributed by atoms with van der Waals surface area (Å²) in [6, 6.07) is 0.426. The molecule has 5 nitrogen and oxygen atoms in total. The first kappa shape index (κ1) is 14.3. The lowest BCUT2D eigenvalue weighted by atomic mass is 9.85. The van der Waals surface area contributed by atoms with Gasteiger partial charge in [-0.15, -0.1) is 0 Å². The van der Waals surface area contributed by atoms with E-state index in [9.17, 15) is 9.59 Å². The zero-order valence-corrected chi connectivity index (χ0v) is 11.7. The Hall–Kier alpha value is -1.10. The van der Waals surface area contributed by atoms with E-state index in [1.807, 2.05) is 4.90 Å². The number of hydrogen-bond acceptors (Lipinski definition) is 3. The minimum atomic E-state index is 0.0167. The van der Waals surface area contributed by atoms with Gasteiger partial charge in [-0.05, 0) is 32.1 Å². The first-order valence-electron chi connectivity index (χ1n) is 7.37. The van der Waals surface area contributed by atoms with Gasteiger partial charge >= 0.3 is 0 Å². The highest BCUT2D eigenvalue weighted by Crippen LogP contribution is 2.26. The Morgan fingerprint density at radius 2 is 1.84 bits per heavy atom. The fourth-order valence-electron chi connectivity index (χ4n) is 3.24. The highest BCUT2D eigenvalue weighted by molar-refractivity contribution is 5.79. The van der Waals surface area contributed by atoms with E-state index in [-0.39, 0.29) is 29.8 Å². The standard InChI is InChI=1S/C14H25N3O2/c1-10(18)16-13-5-7-17(8-6-13)14(19)11-3-2-4-12(15)9-11/h11-13H,2-9,15H2,1H3,(H,16,18). The Kier molecular flexibility index (Phi) is 4.80. The highest BCUT2D eigenvalue weighted by atomic mass is 16.2. The second kappa shape index (κ2) is 6.37. The minimum absolute atomic E-state index is 0.0167. The van der Waals surface area contributed by atoms with Gasteiger partial charge in [0.1, 0.15) is 0 Å². The maximum Gasteiger partial charge on any atom is 0.225 e. The fraction of sp³-hybridized carbons (Fsp3) is 0.857. The Morgan fingerprint density at radius 3 is 2.42 bits per heavy atom. The molecule has 1 saturated carbocycles. The average molecular weight is 267 g/mol. The van der Waals surface area contributed by atoms with Crippen LogP contribution in [0.3, 0.4) is 0 Å². The molecule has 5 heteroatoms. The van der Waals surface area contributed by atoms with E-state index in [0.29, 0.717) is 0 Å². The minimum Gasteiger partial charge on any atom is -0.353 e. The number of carbonyl (C=O) groups is 2. The van der Waals surface area contributed by atoms with Gasteiger partial charge in [0, 0.05) is 38.0 Å². The van der Waals surface area contributed by atoms with Gasteiger partial charge in [0.2, 0.25) is 11.8 Å². The second-order valence-electron chi connectivity index (χ2n) is 5.92. The summed E-state index contributed by atoms with van der Waals surface area (Å²) in [5.74, 6) is 0.417. The number of likely N-dealkylation sites (tertiary alicyclic amines) is 1. The van der Waals surface area contributed by atoms with Crippen molar-refractivity contribution in [2.75, 3.05) is 13.1 Å². The number of nitrogens with zero attached hydrogens (tertiary/aromatic N) is 1. The quantitative estimate of drug-likeness (QED) is 0.770. The number of nitrogens with one attached hydrogen (secondary N) is 1. The van der Waals surface area contributed by atoms with Crippen molar-refractivity contribution in [1.29, 1.82) is 0 Å². The van der Waals surface area contributed by atoms with Crippen LogP contribution in [0.15, 0.2) is 0 Å². The van der Waals surface area contributed by atoms with E-state index in [0.717, 1.165) is 51.6 Å². The molecule has 2 atom stereocenters. The van der Waals surface area contributed by atoms with Crippen molar-refractivity contribution in [3.63, 3.8) is 0 Å². The Balaban J connectivity index is 1.80. The molecule has 1 saturated heterocycles. The van der Waals surface area contributed by atoms with Gasteiger partial charge in [-0.1, -0.05) is 6.42 Å². The van der Waals surface area contributed by atoms with Crippen molar-refractivity contribution in [2.45, 2.75) is 57.5 Å². The van der Waals surface area contributed by atoms with E-state index in [4.69, 9.17) is 5.73 Å². The predicted molar refractivity (Wildman–Crippen MR) is 73.4 cm³/mol. The molecule has 0 aromatic heterocycles. The van der Waals surface area contributed by atoms with Gasteiger partial charge in [-0.3, -0.25) is 9.59 Å². The topological polar surface area (TPSA) is 75.4 Å². The van der Waals surface area contributed by atoms with Crippen LogP contribution >= 0.6 is 0 Å². The molecule has 2 unspecified atom stereocenters. The lowest BCUT2D eigenvalue weighted by Crippen LogP contribution is -2.48. The van der Waals surface area contributed by atoms with E-state index in [2.05, 4.69) is 5.32 Å². The second-order valence-corrected chi connectivity index (χ2v) is 5.92. The molecule has 2 fully saturated rings. The van der Waals surface area contributed by atoms with E-state index >= 15 is 0 Å². The first-order chi connectivity index (χ1) is 9.06. The van der Waals surface area contributed by atoms with Gasteiger partial charge in [0.15, 0.2) is 0 Å². The van der Waals surface area contributed by atoms with Crippen molar-refractivity contribution < 1.29 is 9.59 Å². The summed E-state index contributed by atoms with van der Waals surface area (Å²) < 4.78 is 0. The lowest BCUT2D eigenvalue weighted by molar-refractivity contribution is -0.137. The molecule has 0 bridgehead atoms. The number of piperidine rings is 1. The van der Waals surface area contributed by atoms with Crippen molar-refractivity contribution in [1.82, 2.24) is 10.2 Å². The molecule has 0 aromatic carbocycles. The van der Waals surface area contributed by atoms with Crippen molar-refractivity contribution >= 4 is 11.8 Å². The molecule has 2 amide bonds. The number of rotatable bonds is 2. The molecule has 108 valence electrons. The first-order valence-corrected chi connectivity index (χ1v) is 7.37. The van der Waals surface area contributed by atoms with E-state index < -0.39 is 0 Å². The molecule has 19 heavy (non-hydrogen) atoms. The normalized spacial score (nSPS) is 29.1. The highest BCUT2D eigenvalue weighted by Gasteiger charge is 2.31. The van der Waals surface area contributed by atoms with Crippen LogP contribution in [0, 0.1) is 5.92 Å². The van der Waals surface area contributed by atoms with Crippen LogP contribution in [0.25, 0.3) is 0 Å². The third-order valence-corrected chi connectivity index (χ3v) is 4.28. The van der Waals surface area contributed by atoms with Crippen LogP contribution < -0.4 is 11.1 Å². The Bertz CT molecular complexity index is 338. The molecule has 0 aromatic rings. The van der Waals surface area contributed by atoms with Gasteiger partial charge in [-0.2, -0.15) is 0 Å². The van der Waals surface area contributed by atoms with Crippen LogP contribution in [0.5, 0.6) is 0 Å². The largest absolute Gasteiger partial charge is 0.353 e. The average Bonchev–Trinajstić information content (AvgIpc) is 2.38. The summed E-state index contributed by atoms with van der Waals surface area (Å²) in [7, 11) is 0. The van der Waals surface area contributed by atoms with Gasteiger partial charge in [0.05, 0.1) is 0 Å². The van der Waals surface area contributed by atoms with E-state index in [1.165, 1.54) is 0 Å². The van der Waals surface area contributed by atoms with Crippen LogP contribution in [0.2, 0.25) is 0 Å². The molecule has 3 N–H and O–H groups in total. The zero-order valence-electron chi connectivity index (χ0n) is 11.7. The summed E-state index contributed by atoms with van der Waals surface area (Å²) in [6.07, 6.45) is 5.67. The smallest absolute Gasteiger partial charge is 0.225 e. The third-order valence-electron chi connectivity index (χ3n) is 4.28. The van der Waals surface area contributed by atoms with Crippen molar-refractivity contribution in [3.05, 3.63) is 0 Å². The molecule has 2 aliphatic rings. The van der Waals surface area contributed by atoms with Crippen LogP contribution in [0.4, 0.5) is 0 Å². The lowest BCUT2D eigenvalue weighted by Gasteiger charge is -2.36. The van der Waals surface area contributed by atoms with Crippen LogP contribution in [-0.4, -0.2) is 41.9 Å². The molecule has 0 spiro atoms. The summed E-state index contributed by atoms with van der Waals surface area (Å²) >= 11 is 0.